The largest absolute Gasteiger partial charge is 0.298 e. The van der Waals surface area contributed by atoms with Crippen LogP contribution in [0.1, 0.15) is 13.8 Å². The van der Waals surface area contributed by atoms with Gasteiger partial charge in [0.25, 0.3) is 0 Å². The molecule has 2 aliphatic rings. The second-order valence-corrected chi connectivity index (χ2v) is 9.38. The quantitative estimate of drug-likeness (QED) is 0.814. The molecule has 1 aromatic carbocycles. The molecule has 0 atom stereocenters. The van der Waals surface area contributed by atoms with E-state index in [2.05, 4.69) is 28.6 Å². The Labute approximate surface area is 155 Å². The summed E-state index contributed by atoms with van der Waals surface area (Å²) in [6, 6.07) is 9.99. The third-order valence-electron chi connectivity index (χ3n) is 5.64. The summed E-state index contributed by atoms with van der Waals surface area (Å²) in [5.74, 6) is 0. The van der Waals surface area contributed by atoms with E-state index in [1.54, 1.807) is 22.6 Å². The average Bonchev–Trinajstić information content (AvgIpc) is 2.60. The van der Waals surface area contributed by atoms with Crippen molar-refractivity contribution in [2.45, 2.75) is 30.8 Å². The van der Waals surface area contributed by atoms with E-state index in [1.807, 2.05) is 18.2 Å². The number of aromatic nitrogens is 1. The zero-order chi connectivity index (χ0) is 18.3. The lowest BCUT2D eigenvalue weighted by molar-refractivity contribution is 0.0316. The van der Waals surface area contributed by atoms with Gasteiger partial charge in [-0.2, -0.15) is 4.31 Å². The summed E-state index contributed by atoms with van der Waals surface area (Å²) in [5, 5.41) is 0.857. The Bertz CT molecular complexity index is 880. The first-order valence-electron chi connectivity index (χ1n) is 9.29. The molecule has 0 aliphatic carbocycles. The molecule has 3 heterocycles. The number of pyridine rings is 1. The predicted molar refractivity (Wildman–Crippen MR) is 103 cm³/mol. The van der Waals surface area contributed by atoms with Crippen LogP contribution in [-0.4, -0.2) is 78.9 Å². The molecule has 0 spiro atoms. The average molecular weight is 375 g/mol. The van der Waals surface area contributed by atoms with E-state index in [-0.39, 0.29) is 0 Å². The molecular formula is C19H26N4O2S. The molecule has 4 rings (SSSR count). The normalized spacial score (nSPS) is 21.3. The van der Waals surface area contributed by atoms with E-state index in [1.165, 1.54) is 0 Å². The van der Waals surface area contributed by atoms with Gasteiger partial charge in [-0.25, -0.2) is 8.42 Å². The number of fused-ring (bicyclic) bond motifs is 1. The molecule has 6 nitrogen and oxygen atoms in total. The number of hydrogen-bond acceptors (Lipinski definition) is 5. The molecule has 0 bridgehead atoms. The van der Waals surface area contributed by atoms with Crippen molar-refractivity contribution in [3.63, 3.8) is 0 Å². The Morgan fingerprint density at radius 2 is 1.73 bits per heavy atom. The van der Waals surface area contributed by atoms with Gasteiger partial charge < -0.3 is 0 Å². The maximum Gasteiger partial charge on any atom is 0.245 e. The minimum atomic E-state index is -3.49. The van der Waals surface area contributed by atoms with Gasteiger partial charge in [0.2, 0.25) is 10.0 Å². The van der Waals surface area contributed by atoms with E-state index in [0.29, 0.717) is 35.6 Å². The van der Waals surface area contributed by atoms with Crippen molar-refractivity contribution >= 4 is 20.9 Å². The molecule has 2 aromatic rings. The Hall–Kier alpha value is -1.54. The summed E-state index contributed by atoms with van der Waals surface area (Å²) in [5.41, 5.74) is 0.559. The first kappa shape index (κ1) is 17.9. The van der Waals surface area contributed by atoms with Crippen molar-refractivity contribution in [3.05, 3.63) is 36.5 Å². The van der Waals surface area contributed by atoms with Gasteiger partial charge in [0, 0.05) is 62.9 Å². The van der Waals surface area contributed by atoms with Crippen LogP contribution in [0, 0.1) is 0 Å². The maximum absolute atomic E-state index is 13.1. The predicted octanol–water partition coefficient (Wildman–Crippen LogP) is 1.63. The number of hydrogen-bond donors (Lipinski definition) is 0. The van der Waals surface area contributed by atoms with E-state index < -0.39 is 10.0 Å². The van der Waals surface area contributed by atoms with Crippen LogP contribution < -0.4 is 0 Å². The van der Waals surface area contributed by atoms with Crippen molar-refractivity contribution in [3.8, 4) is 0 Å². The number of para-hydroxylation sites is 1. The topological polar surface area (TPSA) is 56.8 Å². The van der Waals surface area contributed by atoms with Crippen LogP contribution in [0.3, 0.4) is 0 Å². The second kappa shape index (κ2) is 6.88. The lowest BCUT2D eigenvalue weighted by atomic mass is 10.1. The molecule has 2 fully saturated rings. The summed E-state index contributed by atoms with van der Waals surface area (Å²) in [6.45, 7) is 9.78. The molecule has 26 heavy (non-hydrogen) atoms. The monoisotopic (exact) mass is 374 g/mol. The second-order valence-electron chi connectivity index (χ2n) is 7.47. The summed E-state index contributed by atoms with van der Waals surface area (Å²) < 4.78 is 27.7. The van der Waals surface area contributed by atoms with Gasteiger partial charge >= 0.3 is 0 Å². The highest BCUT2D eigenvalue weighted by atomic mass is 32.2. The highest BCUT2D eigenvalue weighted by molar-refractivity contribution is 7.89. The Kier molecular flexibility index (Phi) is 4.73. The zero-order valence-electron chi connectivity index (χ0n) is 15.4. The van der Waals surface area contributed by atoms with E-state index >= 15 is 0 Å². The molecule has 2 saturated heterocycles. The van der Waals surface area contributed by atoms with Gasteiger partial charge in [-0.3, -0.25) is 14.8 Å². The first-order chi connectivity index (χ1) is 12.5. The fraction of sp³-hybridized carbons (Fsp3) is 0.526. The Morgan fingerprint density at radius 3 is 2.42 bits per heavy atom. The van der Waals surface area contributed by atoms with E-state index in [9.17, 15) is 8.42 Å². The van der Waals surface area contributed by atoms with Crippen molar-refractivity contribution in [1.82, 2.24) is 19.1 Å². The van der Waals surface area contributed by atoms with Crippen LogP contribution in [0.15, 0.2) is 41.4 Å². The molecule has 2 aliphatic heterocycles. The van der Waals surface area contributed by atoms with Crippen LogP contribution in [0.25, 0.3) is 10.9 Å². The van der Waals surface area contributed by atoms with Gasteiger partial charge in [-0.15, -0.1) is 0 Å². The lowest BCUT2D eigenvalue weighted by Gasteiger charge is -2.47. The maximum atomic E-state index is 13.1. The number of sulfonamides is 1. The third-order valence-corrected chi connectivity index (χ3v) is 7.50. The van der Waals surface area contributed by atoms with Crippen molar-refractivity contribution in [2.24, 2.45) is 0 Å². The summed E-state index contributed by atoms with van der Waals surface area (Å²) >= 11 is 0. The Morgan fingerprint density at radius 1 is 1.04 bits per heavy atom. The van der Waals surface area contributed by atoms with Crippen LogP contribution in [-0.2, 0) is 10.0 Å². The van der Waals surface area contributed by atoms with Crippen LogP contribution >= 0.6 is 0 Å². The fourth-order valence-electron chi connectivity index (χ4n) is 3.89. The minimum Gasteiger partial charge on any atom is -0.298 e. The van der Waals surface area contributed by atoms with Gasteiger partial charge in [0.15, 0.2) is 0 Å². The van der Waals surface area contributed by atoms with Crippen LogP contribution in [0.2, 0.25) is 0 Å². The molecule has 0 radical (unpaired) electrons. The Balaban J connectivity index is 1.45. The van der Waals surface area contributed by atoms with Gasteiger partial charge in [0.1, 0.15) is 4.90 Å². The smallest absolute Gasteiger partial charge is 0.245 e. The summed E-state index contributed by atoms with van der Waals surface area (Å²) in [6.07, 6.45) is 1.65. The summed E-state index contributed by atoms with van der Waals surface area (Å²) in [4.78, 5) is 9.53. The van der Waals surface area contributed by atoms with Crippen LogP contribution in [0.5, 0.6) is 0 Å². The lowest BCUT2D eigenvalue weighted by Crippen LogP contribution is -2.64. The molecular weight excluding hydrogens is 348 g/mol. The van der Waals surface area contributed by atoms with E-state index in [0.717, 1.165) is 31.6 Å². The number of rotatable bonds is 4. The highest BCUT2D eigenvalue weighted by Crippen LogP contribution is 2.29. The van der Waals surface area contributed by atoms with E-state index in [4.69, 9.17) is 0 Å². The molecule has 0 amide bonds. The molecule has 0 N–H and O–H groups in total. The fourth-order valence-corrected chi connectivity index (χ4v) is 5.57. The molecule has 7 heteroatoms. The molecule has 1 aromatic heterocycles. The number of nitrogens with zero attached hydrogens (tertiary/aromatic N) is 4. The van der Waals surface area contributed by atoms with Crippen molar-refractivity contribution < 1.29 is 8.42 Å². The van der Waals surface area contributed by atoms with Gasteiger partial charge in [0.05, 0.1) is 5.52 Å². The highest BCUT2D eigenvalue weighted by Gasteiger charge is 2.41. The number of benzene rings is 1. The molecule has 140 valence electrons. The first-order valence-corrected chi connectivity index (χ1v) is 10.7. The third kappa shape index (κ3) is 3.13. The van der Waals surface area contributed by atoms with Crippen LogP contribution in [0.4, 0.5) is 0 Å². The van der Waals surface area contributed by atoms with Crippen molar-refractivity contribution in [2.75, 3.05) is 39.3 Å². The zero-order valence-corrected chi connectivity index (χ0v) is 16.2. The van der Waals surface area contributed by atoms with Gasteiger partial charge in [-0.05, 0) is 26.0 Å². The molecule has 0 saturated carbocycles. The van der Waals surface area contributed by atoms with Gasteiger partial charge in [-0.1, -0.05) is 18.2 Å². The van der Waals surface area contributed by atoms with Crippen molar-refractivity contribution in [1.29, 1.82) is 0 Å². The SMILES string of the molecule is CC(C)N1CCN(C2CN(S(=O)(=O)c3cccc4cccnc34)C2)CC1. The summed E-state index contributed by atoms with van der Waals surface area (Å²) in [7, 11) is -3.49. The standard InChI is InChI=1S/C19H26N4O2S/c1-15(2)21-9-11-22(12-10-21)17-13-23(14-17)26(24,25)18-7-3-5-16-6-4-8-20-19(16)18/h3-8,15,17H,9-14H2,1-2H3. The molecule has 0 unspecified atom stereocenters. The minimum absolute atomic E-state index is 0.318. The number of piperazine rings is 1.